The quantitative estimate of drug-likeness (QED) is 0.578. The van der Waals surface area contributed by atoms with Crippen LogP contribution in [0.15, 0.2) is 24.5 Å². The zero-order chi connectivity index (χ0) is 11.1. The molecule has 5 nitrogen and oxygen atoms in total. The summed E-state index contributed by atoms with van der Waals surface area (Å²) >= 11 is 0. The molecule has 76 valence electrons. The average molecular weight is 203 g/mol. The summed E-state index contributed by atoms with van der Waals surface area (Å²) in [6.07, 6.45) is 3.13. The summed E-state index contributed by atoms with van der Waals surface area (Å²) in [5.41, 5.74) is 0.615. The standard InChI is InChI=1S/C10H9N3O2/c1-11-10(15)13-9(14)5-4-8-3-2-6-12-7-8/h2-3,6-7H,1H3,(H2,11,13,14,15). The molecule has 1 aromatic heterocycles. The Labute approximate surface area is 86.9 Å². The number of rotatable bonds is 0. The molecule has 0 fully saturated rings. The maximum Gasteiger partial charge on any atom is 0.321 e. The number of carbonyl (C=O) groups is 2. The molecule has 1 heterocycles. The second kappa shape index (κ2) is 5.40. The van der Waals surface area contributed by atoms with Gasteiger partial charge in [-0.25, -0.2) is 4.79 Å². The van der Waals surface area contributed by atoms with Gasteiger partial charge in [-0.2, -0.15) is 0 Å². The van der Waals surface area contributed by atoms with Crippen molar-refractivity contribution in [3.63, 3.8) is 0 Å². The molecule has 0 radical (unpaired) electrons. The van der Waals surface area contributed by atoms with E-state index in [9.17, 15) is 9.59 Å². The number of carbonyl (C=O) groups excluding carboxylic acids is 2. The summed E-state index contributed by atoms with van der Waals surface area (Å²) < 4.78 is 0. The number of aromatic nitrogens is 1. The third-order valence-electron chi connectivity index (χ3n) is 1.44. The molecule has 2 N–H and O–H groups in total. The first-order chi connectivity index (χ1) is 7.22. The fraction of sp³-hybridized carbons (Fsp3) is 0.100. The minimum atomic E-state index is -0.654. The van der Waals surface area contributed by atoms with Crippen molar-refractivity contribution in [2.75, 3.05) is 7.05 Å². The van der Waals surface area contributed by atoms with E-state index in [4.69, 9.17) is 0 Å². The van der Waals surface area contributed by atoms with E-state index in [1.807, 2.05) is 5.32 Å². The Morgan fingerprint density at radius 2 is 2.27 bits per heavy atom. The molecule has 1 aromatic rings. The second-order valence-electron chi connectivity index (χ2n) is 2.52. The second-order valence-corrected chi connectivity index (χ2v) is 2.52. The lowest BCUT2D eigenvalue weighted by Gasteiger charge is -1.95. The number of nitrogens with one attached hydrogen (secondary N) is 2. The van der Waals surface area contributed by atoms with E-state index in [1.54, 1.807) is 18.3 Å². The van der Waals surface area contributed by atoms with E-state index in [0.29, 0.717) is 5.56 Å². The summed E-state index contributed by atoms with van der Waals surface area (Å²) in [6.45, 7) is 0. The Hall–Kier alpha value is -2.35. The first-order valence-corrected chi connectivity index (χ1v) is 4.17. The van der Waals surface area contributed by atoms with Gasteiger partial charge in [0.2, 0.25) is 0 Å². The molecule has 0 atom stereocenters. The topological polar surface area (TPSA) is 71.1 Å². The molecular formula is C10H9N3O2. The molecule has 5 heteroatoms. The molecule has 0 saturated heterocycles. The fourth-order valence-corrected chi connectivity index (χ4v) is 0.762. The van der Waals surface area contributed by atoms with Gasteiger partial charge in [-0.3, -0.25) is 15.1 Å². The van der Waals surface area contributed by atoms with Crippen LogP contribution in [0.1, 0.15) is 5.56 Å². The van der Waals surface area contributed by atoms with Gasteiger partial charge in [-0.05, 0) is 12.1 Å². The van der Waals surface area contributed by atoms with Crippen LogP contribution in [-0.2, 0) is 4.79 Å². The van der Waals surface area contributed by atoms with Crippen molar-refractivity contribution in [2.45, 2.75) is 0 Å². The summed E-state index contributed by atoms with van der Waals surface area (Å²) in [6, 6.07) is 2.84. The van der Waals surface area contributed by atoms with Gasteiger partial charge in [0.15, 0.2) is 0 Å². The third-order valence-corrected chi connectivity index (χ3v) is 1.44. The van der Waals surface area contributed by atoms with Gasteiger partial charge in [-0.15, -0.1) is 0 Å². The lowest BCUT2D eigenvalue weighted by molar-refractivity contribution is -0.114. The summed E-state index contributed by atoms with van der Waals surface area (Å²) in [5.74, 6) is 4.18. The lowest BCUT2D eigenvalue weighted by Crippen LogP contribution is -2.36. The molecule has 0 unspecified atom stereocenters. The number of nitrogens with zero attached hydrogens (tertiary/aromatic N) is 1. The third kappa shape index (κ3) is 3.91. The maximum absolute atomic E-state index is 11.0. The maximum atomic E-state index is 11.0. The summed E-state index contributed by atoms with van der Waals surface area (Å²) in [5, 5.41) is 4.26. The Kier molecular flexibility index (Phi) is 3.86. The minimum absolute atomic E-state index is 0.583. The molecular weight excluding hydrogens is 194 g/mol. The van der Waals surface area contributed by atoms with Gasteiger partial charge in [0, 0.05) is 30.9 Å². The minimum Gasteiger partial charge on any atom is -0.341 e. The highest BCUT2D eigenvalue weighted by Crippen LogP contribution is 1.90. The molecule has 0 saturated carbocycles. The largest absolute Gasteiger partial charge is 0.341 e. The highest BCUT2D eigenvalue weighted by Gasteiger charge is 2.00. The molecule has 15 heavy (non-hydrogen) atoms. The van der Waals surface area contributed by atoms with E-state index in [0.717, 1.165) is 0 Å². The number of urea groups is 1. The molecule has 0 aromatic carbocycles. The van der Waals surface area contributed by atoms with Crippen LogP contribution in [0.3, 0.4) is 0 Å². The van der Waals surface area contributed by atoms with Gasteiger partial charge < -0.3 is 5.32 Å². The molecule has 3 amide bonds. The van der Waals surface area contributed by atoms with Crippen molar-refractivity contribution >= 4 is 11.9 Å². The van der Waals surface area contributed by atoms with Crippen LogP contribution in [0, 0.1) is 11.8 Å². The SMILES string of the molecule is CNC(=O)NC(=O)C#Cc1cccnc1. The smallest absolute Gasteiger partial charge is 0.321 e. The Morgan fingerprint density at radius 1 is 1.47 bits per heavy atom. The van der Waals surface area contributed by atoms with Crippen LogP contribution in [0.4, 0.5) is 4.79 Å². The zero-order valence-corrected chi connectivity index (χ0v) is 8.07. The van der Waals surface area contributed by atoms with Crippen LogP contribution in [0.25, 0.3) is 0 Å². The molecule has 0 aliphatic rings. The highest BCUT2D eigenvalue weighted by molar-refractivity contribution is 6.04. The van der Waals surface area contributed by atoms with Gasteiger partial charge in [0.25, 0.3) is 0 Å². The molecule has 0 aliphatic carbocycles. The predicted octanol–water partition coefficient (Wildman–Crippen LogP) is -0.111. The number of imide groups is 1. The molecule has 0 spiro atoms. The van der Waals surface area contributed by atoms with Gasteiger partial charge >= 0.3 is 11.9 Å². The van der Waals surface area contributed by atoms with E-state index in [2.05, 4.69) is 22.1 Å². The number of amides is 3. The van der Waals surface area contributed by atoms with Crippen molar-refractivity contribution in [3.8, 4) is 11.8 Å². The Bertz CT molecular complexity index is 417. The van der Waals surface area contributed by atoms with Crippen LogP contribution in [0.5, 0.6) is 0 Å². The van der Waals surface area contributed by atoms with E-state index >= 15 is 0 Å². The molecule has 0 aliphatic heterocycles. The Morgan fingerprint density at radius 3 is 2.87 bits per heavy atom. The van der Waals surface area contributed by atoms with Crippen LogP contribution < -0.4 is 10.6 Å². The van der Waals surface area contributed by atoms with Crippen molar-refractivity contribution < 1.29 is 9.59 Å². The molecule has 1 rings (SSSR count). The average Bonchev–Trinajstić information content (AvgIpc) is 2.27. The lowest BCUT2D eigenvalue weighted by atomic mass is 10.3. The van der Waals surface area contributed by atoms with E-state index in [-0.39, 0.29) is 0 Å². The van der Waals surface area contributed by atoms with Crippen molar-refractivity contribution in [1.29, 1.82) is 0 Å². The fourth-order valence-electron chi connectivity index (χ4n) is 0.762. The predicted molar refractivity (Wildman–Crippen MR) is 53.7 cm³/mol. The number of hydrogen-bond acceptors (Lipinski definition) is 3. The monoisotopic (exact) mass is 203 g/mol. The summed E-state index contributed by atoms with van der Waals surface area (Å²) in [4.78, 5) is 25.6. The van der Waals surface area contributed by atoms with E-state index < -0.39 is 11.9 Å². The first kappa shape index (κ1) is 10.7. The van der Waals surface area contributed by atoms with Crippen molar-refractivity contribution in [1.82, 2.24) is 15.6 Å². The molecule has 0 bridgehead atoms. The van der Waals surface area contributed by atoms with Crippen LogP contribution >= 0.6 is 0 Å². The van der Waals surface area contributed by atoms with Gasteiger partial charge in [0.1, 0.15) is 0 Å². The van der Waals surface area contributed by atoms with Gasteiger partial charge in [-0.1, -0.05) is 5.92 Å². The van der Waals surface area contributed by atoms with Crippen molar-refractivity contribution in [3.05, 3.63) is 30.1 Å². The number of hydrogen-bond donors (Lipinski definition) is 2. The first-order valence-electron chi connectivity index (χ1n) is 4.17. The van der Waals surface area contributed by atoms with Crippen LogP contribution in [0.2, 0.25) is 0 Å². The van der Waals surface area contributed by atoms with Crippen molar-refractivity contribution in [2.24, 2.45) is 0 Å². The highest BCUT2D eigenvalue weighted by atomic mass is 16.2. The van der Waals surface area contributed by atoms with Crippen LogP contribution in [-0.4, -0.2) is 24.0 Å². The Balaban J connectivity index is 2.59. The van der Waals surface area contributed by atoms with Gasteiger partial charge in [0.05, 0.1) is 0 Å². The number of pyridine rings is 1. The van der Waals surface area contributed by atoms with E-state index in [1.165, 1.54) is 13.2 Å². The summed E-state index contributed by atoms with van der Waals surface area (Å²) in [7, 11) is 1.41. The normalized spacial score (nSPS) is 8.33. The zero-order valence-electron chi connectivity index (χ0n) is 8.07.